The van der Waals surface area contributed by atoms with Crippen molar-refractivity contribution in [3.05, 3.63) is 51.1 Å². The quantitative estimate of drug-likeness (QED) is 0.469. The predicted molar refractivity (Wildman–Crippen MR) is 86.6 cm³/mol. The Bertz CT molecular complexity index is 731. The van der Waals surface area contributed by atoms with Gasteiger partial charge in [-0.05, 0) is 59.0 Å². The predicted octanol–water partition coefficient (Wildman–Crippen LogP) is 2.53. The molecule has 0 saturated carbocycles. The van der Waals surface area contributed by atoms with E-state index >= 15 is 0 Å². The maximum Gasteiger partial charge on any atom is 0.337 e. The Labute approximate surface area is 133 Å². The molecule has 7 heteroatoms. The Morgan fingerprint density at radius 3 is 2.48 bits per heavy atom. The molecule has 0 atom stereocenters. The molecule has 0 aliphatic rings. The topological polar surface area (TPSA) is 113 Å². The Morgan fingerprint density at radius 2 is 1.86 bits per heavy atom. The van der Waals surface area contributed by atoms with Crippen molar-refractivity contribution < 1.29 is 19.8 Å². The third-order valence-electron chi connectivity index (χ3n) is 2.73. The van der Waals surface area contributed by atoms with Crippen molar-refractivity contribution in [2.75, 3.05) is 11.1 Å². The molecule has 0 unspecified atom stereocenters. The van der Waals surface area contributed by atoms with Crippen LogP contribution in [0, 0.1) is 3.57 Å². The number of hydrogen-bond donors (Lipinski definition) is 4. The first-order chi connectivity index (χ1) is 9.88. The van der Waals surface area contributed by atoms with E-state index in [2.05, 4.69) is 5.32 Å². The number of benzene rings is 2. The van der Waals surface area contributed by atoms with Crippen molar-refractivity contribution in [1.29, 1.82) is 0 Å². The number of aromatic hydroxyl groups is 1. The van der Waals surface area contributed by atoms with E-state index in [0.717, 1.165) is 0 Å². The number of phenolic OH excluding ortho intramolecular Hbond substituents is 1. The van der Waals surface area contributed by atoms with Crippen molar-refractivity contribution in [2.45, 2.75) is 0 Å². The van der Waals surface area contributed by atoms with Gasteiger partial charge in [0.25, 0.3) is 5.91 Å². The summed E-state index contributed by atoms with van der Waals surface area (Å²) in [5, 5.41) is 21.2. The highest BCUT2D eigenvalue weighted by molar-refractivity contribution is 14.1. The molecular weight excluding hydrogens is 387 g/mol. The lowest BCUT2D eigenvalue weighted by Crippen LogP contribution is -2.15. The van der Waals surface area contributed by atoms with Crippen molar-refractivity contribution >= 4 is 45.8 Å². The van der Waals surface area contributed by atoms with Crippen LogP contribution >= 0.6 is 22.6 Å². The highest BCUT2D eigenvalue weighted by atomic mass is 127. The van der Waals surface area contributed by atoms with Gasteiger partial charge < -0.3 is 21.3 Å². The van der Waals surface area contributed by atoms with Gasteiger partial charge >= 0.3 is 5.97 Å². The molecule has 21 heavy (non-hydrogen) atoms. The zero-order chi connectivity index (χ0) is 15.6. The third-order valence-corrected chi connectivity index (χ3v) is 3.64. The molecule has 0 spiro atoms. The molecule has 0 aromatic heterocycles. The van der Waals surface area contributed by atoms with Crippen molar-refractivity contribution in [3.8, 4) is 5.75 Å². The Kier molecular flexibility index (Phi) is 4.32. The van der Waals surface area contributed by atoms with Crippen molar-refractivity contribution in [3.63, 3.8) is 0 Å². The number of carbonyl (C=O) groups excluding carboxylic acids is 1. The number of hydrogen-bond acceptors (Lipinski definition) is 4. The molecule has 108 valence electrons. The van der Waals surface area contributed by atoms with Crippen LogP contribution in [0.5, 0.6) is 5.75 Å². The third kappa shape index (κ3) is 3.43. The van der Waals surface area contributed by atoms with Crippen LogP contribution in [0.4, 0.5) is 11.4 Å². The van der Waals surface area contributed by atoms with Gasteiger partial charge in [0.2, 0.25) is 0 Å². The molecule has 2 aromatic rings. The number of amides is 1. The molecule has 0 radical (unpaired) electrons. The summed E-state index contributed by atoms with van der Waals surface area (Å²) in [7, 11) is 0. The summed E-state index contributed by atoms with van der Waals surface area (Å²) in [6.45, 7) is 0. The lowest BCUT2D eigenvalue weighted by Gasteiger charge is -2.10. The van der Waals surface area contributed by atoms with Crippen LogP contribution in [0.15, 0.2) is 36.4 Å². The van der Waals surface area contributed by atoms with Gasteiger partial charge in [0, 0.05) is 11.3 Å². The van der Waals surface area contributed by atoms with Gasteiger partial charge in [0.1, 0.15) is 5.75 Å². The van der Waals surface area contributed by atoms with Gasteiger partial charge in [-0.1, -0.05) is 0 Å². The molecular formula is C14H11IN2O4. The largest absolute Gasteiger partial charge is 0.507 e. The van der Waals surface area contributed by atoms with E-state index in [-0.39, 0.29) is 22.6 Å². The smallest absolute Gasteiger partial charge is 0.337 e. The number of carboxylic acid groups (broad SMARTS) is 1. The number of carboxylic acids is 1. The molecule has 6 nitrogen and oxygen atoms in total. The Morgan fingerprint density at radius 1 is 1.14 bits per heavy atom. The van der Waals surface area contributed by atoms with Crippen LogP contribution in [0.25, 0.3) is 0 Å². The van der Waals surface area contributed by atoms with Gasteiger partial charge in [0.05, 0.1) is 14.8 Å². The van der Waals surface area contributed by atoms with Gasteiger partial charge in [0.15, 0.2) is 0 Å². The zero-order valence-corrected chi connectivity index (χ0v) is 12.8. The fourth-order valence-corrected chi connectivity index (χ4v) is 2.04. The standard InChI is InChI=1S/C14H11IN2O4/c15-10-4-1-7(5-12(10)18)13(19)17-11-6-8(16)2-3-9(11)14(20)21/h1-6,18H,16H2,(H,17,19)(H,20,21). The second-order valence-electron chi connectivity index (χ2n) is 4.23. The molecule has 5 N–H and O–H groups in total. The number of carbonyl (C=O) groups is 2. The number of nitrogen functional groups attached to an aromatic ring is 1. The highest BCUT2D eigenvalue weighted by Gasteiger charge is 2.14. The van der Waals surface area contributed by atoms with Gasteiger partial charge in [-0.15, -0.1) is 0 Å². The van der Waals surface area contributed by atoms with Crippen LogP contribution < -0.4 is 11.1 Å². The highest BCUT2D eigenvalue weighted by Crippen LogP contribution is 2.23. The minimum Gasteiger partial charge on any atom is -0.507 e. The minimum absolute atomic E-state index is 0.0192. The SMILES string of the molecule is Nc1ccc(C(=O)O)c(NC(=O)c2ccc(I)c(O)c2)c1. The first kappa shape index (κ1) is 15.1. The van der Waals surface area contributed by atoms with Gasteiger partial charge in [-0.25, -0.2) is 4.79 Å². The van der Waals surface area contributed by atoms with E-state index in [4.69, 9.17) is 10.8 Å². The number of aromatic carboxylic acids is 1. The maximum atomic E-state index is 12.1. The minimum atomic E-state index is -1.17. The number of halogens is 1. The average molecular weight is 398 g/mol. The lowest BCUT2D eigenvalue weighted by molar-refractivity contribution is 0.0698. The molecule has 1 amide bonds. The van der Waals surface area contributed by atoms with Crippen molar-refractivity contribution in [1.82, 2.24) is 0 Å². The summed E-state index contributed by atoms with van der Waals surface area (Å²) < 4.78 is 0.610. The molecule has 2 aromatic carbocycles. The Balaban J connectivity index is 2.33. The lowest BCUT2D eigenvalue weighted by atomic mass is 10.1. The summed E-state index contributed by atoms with van der Waals surface area (Å²) in [6.07, 6.45) is 0. The molecule has 0 heterocycles. The number of nitrogens with one attached hydrogen (secondary N) is 1. The fourth-order valence-electron chi connectivity index (χ4n) is 1.70. The zero-order valence-electron chi connectivity index (χ0n) is 10.6. The molecule has 0 aliphatic carbocycles. The van der Waals surface area contributed by atoms with Gasteiger partial charge in [-0.2, -0.15) is 0 Å². The summed E-state index contributed by atoms with van der Waals surface area (Å²) >= 11 is 1.93. The summed E-state index contributed by atoms with van der Waals surface area (Å²) in [5.41, 5.74) is 6.19. The van der Waals surface area contributed by atoms with Gasteiger partial charge in [-0.3, -0.25) is 4.79 Å². The molecule has 2 rings (SSSR count). The molecule has 0 saturated heterocycles. The number of rotatable bonds is 3. The second-order valence-corrected chi connectivity index (χ2v) is 5.39. The molecule has 0 aliphatic heterocycles. The summed E-state index contributed by atoms with van der Waals surface area (Å²) in [6, 6.07) is 8.55. The molecule has 0 fully saturated rings. The fraction of sp³-hybridized carbons (Fsp3) is 0. The van der Waals surface area contributed by atoms with Crippen LogP contribution in [-0.4, -0.2) is 22.1 Å². The van der Waals surface area contributed by atoms with E-state index < -0.39 is 11.9 Å². The number of anilines is 2. The van der Waals surface area contributed by atoms with E-state index in [1.165, 1.54) is 30.3 Å². The molecule has 0 bridgehead atoms. The average Bonchev–Trinajstić information content (AvgIpc) is 2.41. The Hall–Kier alpha value is -2.29. The normalized spacial score (nSPS) is 10.1. The van der Waals surface area contributed by atoms with Crippen LogP contribution in [0.2, 0.25) is 0 Å². The van der Waals surface area contributed by atoms with E-state index in [9.17, 15) is 14.7 Å². The van der Waals surface area contributed by atoms with Crippen LogP contribution in [-0.2, 0) is 0 Å². The van der Waals surface area contributed by atoms with E-state index in [0.29, 0.717) is 9.26 Å². The van der Waals surface area contributed by atoms with Crippen LogP contribution in [0.3, 0.4) is 0 Å². The maximum absolute atomic E-state index is 12.1. The number of nitrogens with two attached hydrogens (primary N) is 1. The monoisotopic (exact) mass is 398 g/mol. The summed E-state index contributed by atoms with van der Waals surface area (Å²) in [4.78, 5) is 23.2. The summed E-state index contributed by atoms with van der Waals surface area (Å²) in [5.74, 6) is -1.72. The van der Waals surface area contributed by atoms with Crippen LogP contribution in [0.1, 0.15) is 20.7 Å². The first-order valence-corrected chi connectivity index (χ1v) is 6.89. The second kappa shape index (κ2) is 6.00. The number of phenols is 1. The van der Waals surface area contributed by atoms with Crippen molar-refractivity contribution in [2.24, 2.45) is 0 Å². The van der Waals surface area contributed by atoms with E-state index in [1.54, 1.807) is 6.07 Å². The first-order valence-electron chi connectivity index (χ1n) is 5.81. The van der Waals surface area contributed by atoms with E-state index in [1.807, 2.05) is 22.6 Å².